The van der Waals surface area contributed by atoms with E-state index in [0.29, 0.717) is 0 Å². The Balaban J connectivity index is 4.82. The molecule has 0 saturated heterocycles. The lowest BCUT2D eigenvalue weighted by molar-refractivity contribution is -0.146. The van der Waals surface area contributed by atoms with Gasteiger partial charge in [0, 0.05) is 14.2 Å². The molecule has 1 atom stereocenters. The Hall–Kier alpha value is -0.970. The fourth-order valence-electron chi connectivity index (χ4n) is 1.04. The number of allylic oxidation sites excluding steroid dienone is 1. The van der Waals surface area contributed by atoms with E-state index in [-0.39, 0.29) is 12.2 Å². The smallest absolute Gasteiger partial charge is 0.374 e. The van der Waals surface area contributed by atoms with Crippen molar-refractivity contribution >= 4 is 19.3 Å². The first kappa shape index (κ1) is 16.0. The minimum absolute atomic E-state index is 0.334. The molecule has 0 aromatic rings. The third-order valence-electron chi connectivity index (χ3n) is 1.82. The van der Waals surface area contributed by atoms with Crippen LogP contribution in [-0.2, 0) is 27.9 Å². The average Bonchev–Trinajstić information content (AvgIpc) is 2.26. The maximum atomic E-state index is 12.0. The van der Waals surface area contributed by atoms with Crippen molar-refractivity contribution in [3.05, 3.63) is 12.2 Å². The van der Waals surface area contributed by atoms with E-state index in [2.05, 4.69) is 0 Å². The molecule has 0 N–H and O–H groups in total. The Morgan fingerprint density at radius 3 is 2.18 bits per heavy atom. The van der Waals surface area contributed by atoms with E-state index in [4.69, 9.17) is 13.8 Å². The van der Waals surface area contributed by atoms with Gasteiger partial charge in [-0.2, -0.15) is 0 Å². The van der Waals surface area contributed by atoms with Crippen LogP contribution < -0.4 is 0 Å². The second-order valence-electron chi connectivity index (χ2n) is 3.19. The molecule has 0 aliphatic carbocycles. The van der Waals surface area contributed by atoms with Gasteiger partial charge in [-0.25, -0.2) is 0 Å². The zero-order valence-electron chi connectivity index (χ0n) is 10.3. The second kappa shape index (κ2) is 7.37. The molecule has 17 heavy (non-hydrogen) atoms. The van der Waals surface area contributed by atoms with Crippen molar-refractivity contribution in [2.24, 2.45) is 0 Å². The summed E-state index contributed by atoms with van der Waals surface area (Å²) in [7, 11) is -1.16. The third kappa shape index (κ3) is 5.26. The zero-order valence-corrected chi connectivity index (χ0v) is 11.2. The number of Topliss-reactive ketones (excluding diaryl/α,β-unsaturated/α-hetero) is 1. The molecular formula is C10H17O6P. The van der Waals surface area contributed by atoms with Gasteiger partial charge in [-0.3, -0.25) is 14.2 Å². The first-order chi connectivity index (χ1) is 7.89. The van der Waals surface area contributed by atoms with Crippen LogP contribution in [0.25, 0.3) is 0 Å². The summed E-state index contributed by atoms with van der Waals surface area (Å²) in [6.45, 7) is 2.93. The van der Waals surface area contributed by atoms with Crippen molar-refractivity contribution in [1.29, 1.82) is 0 Å². The van der Waals surface area contributed by atoms with Crippen LogP contribution in [-0.4, -0.2) is 31.8 Å². The highest BCUT2D eigenvalue weighted by molar-refractivity contribution is 7.54. The summed E-state index contributed by atoms with van der Waals surface area (Å²) in [6.07, 6.45) is 2.56. The molecule has 0 amide bonds. The molecule has 0 rings (SSSR count). The Kier molecular flexibility index (Phi) is 6.95. The average molecular weight is 264 g/mol. The molecule has 6 nitrogen and oxygen atoms in total. The first-order valence-corrected chi connectivity index (χ1v) is 6.53. The minimum Gasteiger partial charge on any atom is -0.445 e. The summed E-state index contributed by atoms with van der Waals surface area (Å²) in [5, 5.41) is 0. The van der Waals surface area contributed by atoms with Gasteiger partial charge in [0.05, 0.1) is 0 Å². The molecule has 0 radical (unpaired) electrons. The quantitative estimate of drug-likeness (QED) is 0.302. The van der Waals surface area contributed by atoms with Gasteiger partial charge >= 0.3 is 13.6 Å². The highest BCUT2D eigenvalue weighted by atomic mass is 31.2. The Morgan fingerprint density at radius 2 is 1.82 bits per heavy atom. The molecule has 0 unspecified atom stereocenters. The third-order valence-corrected chi connectivity index (χ3v) is 3.74. The normalized spacial score (nSPS) is 13.6. The van der Waals surface area contributed by atoms with Gasteiger partial charge < -0.3 is 13.8 Å². The van der Waals surface area contributed by atoms with E-state index in [1.54, 1.807) is 13.0 Å². The molecule has 0 aromatic carbocycles. The number of ketones is 1. The van der Waals surface area contributed by atoms with Crippen LogP contribution >= 0.6 is 7.60 Å². The fourth-order valence-corrected chi connectivity index (χ4v) is 2.23. The zero-order chi connectivity index (χ0) is 13.5. The van der Waals surface area contributed by atoms with Crippen molar-refractivity contribution in [1.82, 2.24) is 0 Å². The number of esters is 1. The lowest BCUT2D eigenvalue weighted by Gasteiger charge is -2.21. The van der Waals surface area contributed by atoms with Crippen LogP contribution in [0.5, 0.6) is 0 Å². The van der Waals surface area contributed by atoms with Gasteiger partial charge in [0.2, 0.25) is 5.85 Å². The van der Waals surface area contributed by atoms with Gasteiger partial charge in [-0.1, -0.05) is 6.08 Å². The number of hydrogen-bond donors (Lipinski definition) is 0. The van der Waals surface area contributed by atoms with Crippen LogP contribution in [0.3, 0.4) is 0 Å². The van der Waals surface area contributed by atoms with Crippen molar-refractivity contribution in [2.45, 2.75) is 26.1 Å². The summed E-state index contributed by atoms with van der Waals surface area (Å²) < 4.78 is 26.3. The number of carbonyl (C=O) groups excluding carboxylic acids is 2. The van der Waals surface area contributed by atoms with Gasteiger partial charge in [0.15, 0.2) is 0 Å². The minimum atomic E-state index is -3.55. The summed E-state index contributed by atoms with van der Waals surface area (Å²) in [4.78, 5) is 22.0. The van der Waals surface area contributed by atoms with Crippen LogP contribution in [0.4, 0.5) is 0 Å². The van der Waals surface area contributed by atoms with Gasteiger partial charge in [-0.15, -0.1) is 0 Å². The summed E-state index contributed by atoms with van der Waals surface area (Å²) >= 11 is 0. The molecule has 0 saturated carbocycles. The maximum Gasteiger partial charge on any atom is 0.374 e. The molecule has 0 aliphatic rings. The number of carbonyl (C=O) groups is 2. The molecule has 0 bridgehead atoms. The van der Waals surface area contributed by atoms with Crippen LogP contribution in [0, 0.1) is 0 Å². The molecular weight excluding hydrogens is 247 g/mol. The van der Waals surface area contributed by atoms with Gasteiger partial charge in [-0.05, 0) is 19.9 Å². The second-order valence-corrected chi connectivity index (χ2v) is 5.51. The molecule has 0 fully saturated rings. The largest absolute Gasteiger partial charge is 0.445 e. The van der Waals surface area contributed by atoms with Crippen molar-refractivity contribution < 1.29 is 27.9 Å². The van der Waals surface area contributed by atoms with Crippen molar-refractivity contribution in [2.75, 3.05) is 14.2 Å². The lowest BCUT2D eigenvalue weighted by Crippen LogP contribution is -2.19. The molecule has 7 heteroatoms. The number of hydrogen-bond acceptors (Lipinski definition) is 6. The predicted molar refractivity (Wildman–Crippen MR) is 61.6 cm³/mol. The topological polar surface area (TPSA) is 78.9 Å². The van der Waals surface area contributed by atoms with Gasteiger partial charge in [0.1, 0.15) is 12.2 Å². The van der Waals surface area contributed by atoms with Crippen LogP contribution in [0.1, 0.15) is 20.3 Å². The molecule has 0 heterocycles. The highest BCUT2D eigenvalue weighted by Crippen LogP contribution is 2.52. The summed E-state index contributed by atoms with van der Waals surface area (Å²) in [6, 6.07) is 0. The maximum absolute atomic E-state index is 12.0. The van der Waals surface area contributed by atoms with Gasteiger partial charge in [0.25, 0.3) is 0 Å². The highest BCUT2D eigenvalue weighted by Gasteiger charge is 2.35. The predicted octanol–water partition coefficient (Wildman–Crippen LogP) is 1.90. The standard InChI is InChI=1S/C10H17O6P/c1-5-6-10(17(13,14-3)15-4)16-9(12)7-8(2)11/h5-6,10H,7H2,1-4H3/b6-5+/t10-/m1/s1. The molecule has 0 spiro atoms. The van der Waals surface area contributed by atoms with E-state index in [0.717, 1.165) is 0 Å². The number of ether oxygens (including phenoxy) is 1. The van der Waals surface area contributed by atoms with Crippen LogP contribution in [0.15, 0.2) is 12.2 Å². The summed E-state index contributed by atoms with van der Waals surface area (Å²) in [5.74, 6) is -2.25. The molecule has 0 aromatic heterocycles. The van der Waals surface area contributed by atoms with Crippen molar-refractivity contribution in [3.8, 4) is 0 Å². The lowest BCUT2D eigenvalue weighted by atomic mass is 10.3. The van der Waals surface area contributed by atoms with Crippen molar-refractivity contribution in [3.63, 3.8) is 0 Å². The number of rotatable bonds is 7. The summed E-state index contributed by atoms with van der Waals surface area (Å²) in [5.41, 5.74) is 0. The molecule has 0 aliphatic heterocycles. The van der Waals surface area contributed by atoms with E-state index < -0.39 is 19.4 Å². The van der Waals surface area contributed by atoms with E-state index in [9.17, 15) is 14.2 Å². The Bertz CT molecular complexity index is 341. The SMILES string of the molecule is C/C=C/[C@H](OC(=O)CC(C)=O)P(=O)(OC)OC. The fraction of sp³-hybridized carbons (Fsp3) is 0.600. The Labute approximate surface area is 100 Å². The first-order valence-electron chi connectivity index (χ1n) is 4.92. The van der Waals surface area contributed by atoms with E-state index >= 15 is 0 Å². The molecule has 98 valence electrons. The van der Waals surface area contributed by atoms with Crippen LogP contribution in [0.2, 0.25) is 0 Å². The van der Waals surface area contributed by atoms with E-state index in [1.165, 1.54) is 27.2 Å². The Morgan fingerprint density at radius 1 is 1.29 bits per heavy atom. The van der Waals surface area contributed by atoms with E-state index in [1.807, 2.05) is 0 Å². The monoisotopic (exact) mass is 264 g/mol.